The summed E-state index contributed by atoms with van der Waals surface area (Å²) in [5.74, 6) is -0.333. The molecule has 0 fully saturated rings. The molecule has 174 valence electrons. The predicted molar refractivity (Wildman–Crippen MR) is 137 cm³/mol. The van der Waals surface area contributed by atoms with Crippen LogP contribution >= 0.6 is 11.8 Å². The maximum absolute atomic E-state index is 11.1. The topological polar surface area (TPSA) is 64.3 Å². The van der Waals surface area contributed by atoms with Crippen molar-refractivity contribution in [3.63, 3.8) is 0 Å². The van der Waals surface area contributed by atoms with E-state index in [0.29, 0.717) is 13.0 Å². The zero-order valence-corrected chi connectivity index (χ0v) is 22.4. The van der Waals surface area contributed by atoms with Gasteiger partial charge in [0.05, 0.1) is 0 Å². The van der Waals surface area contributed by atoms with Gasteiger partial charge in [0, 0.05) is 0 Å². The first-order chi connectivity index (χ1) is 15.8. The molecule has 2 aromatic carbocycles. The van der Waals surface area contributed by atoms with E-state index in [9.17, 15) is 13.0 Å². The van der Waals surface area contributed by atoms with Gasteiger partial charge in [0.15, 0.2) is 0 Å². The van der Waals surface area contributed by atoms with Crippen molar-refractivity contribution in [2.45, 2.75) is 45.1 Å². The number of benzene rings is 2. The van der Waals surface area contributed by atoms with Gasteiger partial charge < -0.3 is 0 Å². The van der Waals surface area contributed by atoms with E-state index in [1.807, 2.05) is 23.9 Å². The second-order valence-electron chi connectivity index (χ2n) is 8.05. The molecular formula is C25H28N2O3S2Se. The van der Waals surface area contributed by atoms with Crippen LogP contribution in [0.15, 0.2) is 64.0 Å². The zero-order valence-electron chi connectivity index (χ0n) is 19.1. The molecule has 4 rings (SSSR count). The van der Waals surface area contributed by atoms with Gasteiger partial charge in [-0.25, -0.2) is 0 Å². The van der Waals surface area contributed by atoms with Gasteiger partial charge in [-0.05, 0) is 0 Å². The molecule has 0 amide bonds. The summed E-state index contributed by atoms with van der Waals surface area (Å²) < 4.78 is 38.1. The number of thioether (sulfide) groups is 1. The monoisotopic (exact) mass is 548 g/mol. The number of hydrogen-bond donors (Lipinski definition) is 0. The fourth-order valence-electron chi connectivity index (χ4n) is 4.00. The summed E-state index contributed by atoms with van der Waals surface area (Å²) >= 11 is 1.95. The molecule has 0 unspecified atom stereocenters. The number of allylic oxidation sites excluding steroid dienone is 2. The van der Waals surface area contributed by atoms with Crippen molar-refractivity contribution in [2.24, 2.45) is 0 Å². The predicted octanol–water partition coefficient (Wildman–Crippen LogP) is 4.70. The van der Waals surface area contributed by atoms with Crippen LogP contribution in [0.1, 0.15) is 36.8 Å². The van der Waals surface area contributed by atoms with E-state index in [0.717, 1.165) is 18.5 Å². The molecule has 0 spiro atoms. The first-order valence-corrected chi connectivity index (χ1v) is 15.2. The first kappa shape index (κ1) is 24.3. The second kappa shape index (κ2) is 10.2. The second-order valence-corrected chi connectivity index (χ2v) is 12.9. The van der Waals surface area contributed by atoms with Crippen LogP contribution in [0, 0.1) is 6.92 Å². The summed E-state index contributed by atoms with van der Waals surface area (Å²) in [6, 6.07) is 14.9. The third-order valence-corrected chi connectivity index (χ3v) is 9.88. The van der Waals surface area contributed by atoms with Crippen LogP contribution in [0.3, 0.4) is 0 Å². The third-order valence-electron chi connectivity index (χ3n) is 5.64. The van der Waals surface area contributed by atoms with Crippen molar-refractivity contribution < 1.29 is 17.5 Å². The Bertz CT molecular complexity index is 1340. The van der Waals surface area contributed by atoms with Crippen molar-refractivity contribution in [1.29, 1.82) is 0 Å². The van der Waals surface area contributed by atoms with Gasteiger partial charge in [0.25, 0.3) is 0 Å². The summed E-state index contributed by atoms with van der Waals surface area (Å²) in [6.45, 7) is 7.91. The quantitative estimate of drug-likeness (QED) is 0.233. The summed E-state index contributed by atoms with van der Waals surface area (Å²) in [4.78, 5) is 3.65. The number of hydrogen-bond acceptors (Lipinski definition) is 5. The van der Waals surface area contributed by atoms with Gasteiger partial charge in [0.1, 0.15) is 0 Å². The fraction of sp³-hybridized carbons (Fsp3) is 0.320. The molecule has 1 aliphatic heterocycles. The van der Waals surface area contributed by atoms with Crippen molar-refractivity contribution in [3.8, 4) is 0 Å². The molecule has 0 saturated heterocycles. The average molecular weight is 548 g/mol. The molecule has 1 aromatic heterocycles. The molecule has 33 heavy (non-hydrogen) atoms. The number of anilines is 1. The van der Waals surface area contributed by atoms with Crippen molar-refractivity contribution >= 4 is 57.9 Å². The standard InChI is InChI=1S/C25H28N2O3S2Se/c1-4-19(16-24-26(5-2)21-15-18(3)11-12-22(21)31-24)17-25-27(13-8-14-32(28,29)30)20-9-6-7-10-23(20)33-25/h6-7,9-12,15-17H,4-5,8,13-14H2,1-3H3. The van der Waals surface area contributed by atoms with Gasteiger partial charge in [0.2, 0.25) is 0 Å². The Hall–Kier alpha value is -1.83. The number of fused-ring (bicyclic) bond motifs is 2. The molecule has 2 heterocycles. The van der Waals surface area contributed by atoms with E-state index < -0.39 is 10.1 Å². The summed E-state index contributed by atoms with van der Waals surface area (Å²) in [5, 5.41) is 1.24. The molecule has 3 aromatic rings. The van der Waals surface area contributed by atoms with Crippen LogP contribution in [0.4, 0.5) is 5.69 Å². The Morgan fingerprint density at radius 3 is 2.73 bits per heavy atom. The SMILES string of the molecule is CCC(=C\c1[se]c2ccccc2[n+]1CCCS(=O)(=O)[O-])/C=C1/Sc2ccc(C)cc2N1CC. The number of aryl methyl sites for hydroxylation is 2. The molecule has 0 saturated carbocycles. The summed E-state index contributed by atoms with van der Waals surface area (Å²) in [7, 11) is -4.21. The molecule has 0 radical (unpaired) electrons. The third kappa shape index (κ3) is 5.64. The summed E-state index contributed by atoms with van der Waals surface area (Å²) in [5.41, 5.74) is 4.91. The van der Waals surface area contributed by atoms with Crippen molar-refractivity contribution in [2.75, 3.05) is 17.2 Å². The molecule has 1 aliphatic rings. The van der Waals surface area contributed by atoms with Crippen LogP contribution in [-0.4, -0.2) is 39.8 Å². The van der Waals surface area contributed by atoms with Gasteiger partial charge in [-0.3, -0.25) is 0 Å². The van der Waals surface area contributed by atoms with Gasteiger partial charge in [-0.2, -0.15) is 0 Å². The van der Waals surface area contributed by atoms with Crippen LogP contribution in [-0.2, 0) is 16.7 Å². The van der Waals surface area contributed by atoms with Crippen LogP contribution < -0.4 is 9.47 Å². The van der Waals surface area contributed by atoms with E-state index in [1.54, 1.807) is 0 Å². The first-order valence-electron chi connectivity index (χ1n) is 11.1. The van der Waals surface area contributed by atoms with Gasteiger partial charge >= 0.3 is 207 Å². The zero-order chi connectivity index (χ0) is 23.6. The number of nitrogens with zero attached hydrogens (tertiary/aromatic N) is 2. The van der Waals surface area contributed by atoms with Crippen LogP contribution in [0.25, 0.3) is 15.9 Å². The number of aromatic nitrogens is 1. The summed E-state index contributed by atoms with van der Waals surface area (Å²) in [6.07, 6.45) is 5.77. The van der Waals surface area contributed by atoms with E-state index >= 15 is 0 Å². The molecule has 0 atom stereocenters. The minimum absolute atomic E-state index is 0.138. The van der Waals surface area contributed by atoms with Crippen molar-refractivity contribution in [1.82, 2.24) is 0 Å². The van der Waals surface area contributed by atoms with Crippen LogP contribution in [0.2, 0.25) is 0 Å². The molecule has 0 aliphatic carbocycles. The van der Waals surface area contributed by atoms with E-state index in [1.165, 1.54) is 35.6 Å². The van der Waals surface area contributed by atoms with E-state index in [-0.39, 0.29) is 20.3 Å². The Morgan fingerprint density at radius 1 is 1.21 bits per heavy atom. The molecule has 0 N–H and O–H groups in total. The average Bonchev–Trinajstić information content (AvgIpc) is 3.29. The molecule has 5 nitrogen and oxygen atoms in total. The Morgan fingerprint density at radius 2 is 2.00 bits per heavy atom. The normalized spacial score (nSPS) is 15.6. The Balaban J connectivity index is 1.70. The van der Waals surface area contributed by atoms with E-state index in [4.69, 9.17) is 0 Å². The fourth-order valence-corrected chi connectivity index (χ4v) is 8.11. The number of rotatable bonds is 8. The number of para-hydroxylation sites is 1. The van der Waals surface area contributed by atoms with Crippen molar-refractivity contribution in [3.05, 3.63) is 69.3 Å². The Kier molecular flexibility index (Phi) is 7.51. The van der Waals surface area contributed by atoms with Crippen LogP contribution in [0.5, 0.6) is 0 Å². The van der Waals surface area contributed by atoms with Gasteiger partial charge in [-0.1, -0.05) is 0 Å². The molecule has 8 heteroatoms. The van der Waals surface area contributed by atoms with Gasteiger partial charge in [-0.15, -0.1) is 0 Å². The molecule has 0 bridgehead atoms. The Labute approximate surface area is 206 Å². The minimum atomic E-state index is -4.21. The molecular weight excluding hydrogens is 519 g/mol. The van der Waals surface area contributed by atoms with E-state index in [2.05, 4.69) is 72.7 Å². The maximum atomic E-state index is 11.1.